The van der Waals surface area contributed by atoms with E-state index in [4.69, 9.17) is 8.00 Å². The summed E-state index contributed by atoms with van der Waals surface area (Å²) in [6.07, 6.45) is 0. The molecule has 4 heavy (non-hydrogen) atoms. The minimum absolute atomic E-state index is 0.310. The minimum atomic E-state index is -0.310. The van der Waals surface area contributed by atoms with Gasteiger partial charge in [-0.2, -0.15) is 5.26 Å². The monoisotopic (exact) mass is 55.0 g/mol. The molecule has 0 saturated heterocycles. The Morgan fingerprint density at radius 1 is 2.75 bits per heavy atom. The molecule has 0 unspecified atom stereocenters. The van der Waals surface area contributed by atoms with Gasteiger partial charge < -0.3 is 0 Å². The van der Waals surface area contributed by atoms with E-state index in [2.05, 4.69) is 0 Å². The third-order valence-corrected chi connectivity index (χ3v) is 0.0645. The van der Waals surface area contributed by atoms with Crippen molar-refractivity contribution in [3.8, 4) is 6.07 Å². The maximum atomic E-state index is 7.71. The van der Waals surface area contributed by atoms with Crippen LogP contribution in [0.4, 0.5) is 0 Å². The summed E-state index contributed by atoms with van der Waals surface area (Å²) in [4.78, 5) is 0. The van der Waals surface area contributed by atoms with Crippen LogP contribution in [0.1, 0.15) is 2.74 Å². The molecule has 0 aliphatic carbocycles. The van der Waals surface area contributed by atoms with Gasteiger partial charge >= 0.3 is 0 Å². The van der Waals surface area contributed by atoms with Gasteiger partial charge in [0.25, 0.3) is 0 Å². The zero-order valence-corrected chi connectivity index (χ0v) is 2.02. The van der Waals surface area contributed by atoms with Crippen LogP contribution in [0.5, 0.6) is 0 Å². The molecule has 0 aromatic rings. The van der Waals surface area contributed by atoms with Crippen molar-refractivity contribution in [1.82, 2.24) is 0 Å². The zero-order valence-electron chi connectivity index (χ0n) is 4.02. The predicted octanol–water partition coefficient (Wildman–Crippen LogP) is 0.696. The maximum Gasteiger partial charge on any atom is 0.0905 e. The summed E-state index contributed by atoms with van der Waals surface area (Å²) >= 11 is 0. The van der Waals surface area contributed by atoms with Crippen molar-refractivity contribution in [2.75, 3.05) is 0 Å². The van der Waals surface area contributed by atoms with Gasteiger partial charge in [-0.1, -0.05) is 6.55 Å². The molecule has 1 heteroatoms. The Kier molecular flexibility index (Phi) is 0.500. The van der Waals surface area contributed by atoms with E-state index in [1.54, 1.807) is 0 Å². The van der Waals surface area contributed by atoms with Crippen LogP contribution in [-0.2, 0) is 0 Å². The quantitative estimate of drug-likeness (QED) is 0.374. The first-order valence-corrected chi connectivity index (χ1v) is 0.762. The van der Waals surface area contributed by atoms with Crippen LogP contribution >= 0.6 is 0 Å². The van der Waals surface area contributed by atoms with E-state index in [1.807, 2.05) is 0 Å². The van der Waals surface area contributed by atoms with Crippen molar-refractivity contribution < 1.29 is 2.74 Å². The van der Waals surface area contributed by atoms with Gasteiger partial charge in [0.05, 0.1) is 8.81 Å². The minimum Gasteiger partial charge on any atom is -0.193 e. The zero-order chi connectivity index (χ0) is 4.99. The molecule has 0 fully saturated rings. The molecular formula is C3H3N. The molecular weight excluding hydrogens is 50.0 g/mol. The smallest absolute Gasteiger partial charge is 0.0905 e. The molecule has 0 atom stereocenters. The molecule has 0 amide bonds. The fourth-order valence-electron chi connectivity index (χ4n) is 0. The van der Waals surface area contributed by atoms with Crippen LogP contribution in [-0.4, -0.2) is 0 Å². The molecule has 0 heterocycles. The van der Waals surface area contributed by atoms with Crippen LogP contribution in [0.3, 0.4) is 0 Å². The van der Waals surface area contributed by atoms with E-state index < -0.39 is 0 Å². The average Bonchev–Trinajstić information content (AvgIpc) is 1.65. The first kappa shape index (κ1) is 0.898. The Labute approximate surface area is 28.0 Å². The number of hydrogen-bond donors (Lipinski definition) is 0. The lowest BCUT2D eigenvalue weighted by Gasteiger charge is -1.31. The Morgan fingerprint density at radius 2 is 3.50 bits per heavy atom. The van der Waals surface area contributed by atoms with Crippen molar-refractivity contribution in [1.29, 1.82) is 5.26 Å². The van der Waals surface area contributed by atoms with Gasteiger partial charge in [0.15, 0.2) is 0 Å². The summed E-state index contributed by atoms with van der Waals surface area (Å²) in [5.41, 5.74) is 0. The Balaban J connectivity index is 3.61. The Bertz CT molecular complexity index is 99.9. The summed E-state index contributed by atoms with van der Waals surface area (Å²) in [6, 6.07) is 1.14. The van der Waals surface area contributed by atoms with E-state index in [1.165, 1.54) is 6.07 Å². The lowest BCUT2D eigenvalue weighted by molar-refractivity contribution is 1.54. The third-order valence-electron chi connectivity index (χ3n) is 0.0645. The lowest BCUT2D eigenvalue weighted by atomic mass is 10.8. The number of hydrogen-bond acceptors (Lipinski definition) is 1. The Morgan fingerprint density at radius 3 is 3.50 bits per heavy atom. The molecule has 0 rings (SSSR count). The van der Waals surface area contributed by atoms with E-state index in [0.717, 1.165) is 0 Å². The van der Waals surface area contributed by atoms with Crippen LogP contribution in [0.25, 0.3) is 0 Å². The normalized spacial score (nSPS) is 16.2. The molecule has 0 aliphatic heterocycles. The second-order valence-electron chi connectivity index (χ2n) is 0.256. The number of nitrogens with zero attached hydrogens (tertiary/aromatic N) is 1. The largest absolute Gasteiger partial charge is 0.193 e. The first-order chi connectivity index (χ1) is 2.81. The van der Waals surface area contributed by atoms with Crippen molar-refractivity contribution in [2.45, 2.75) is 0 Å². The Hall–Kier alpha value is -0.770. The van der Waals surface area contributed by atoms with E-state index in [0.29, 0.717) is 6.55 Å². The highest BCUT2D eigenvalue weighted by molar-refractivity contribution is 4.93. The van der Waals surface area contributed by atoms with Crippen LogP contribution < -0.4 is 0 Å². The number of rotatable bonds is 0. The summed E-state index contributed by atoms with van der Waals surface area (Å²) < 4.78 is 12.6. The van der Waals surface area contributed by atoms with Gasteiger partial charge in [0.2, 0.25) is 0 Å². The molecule has 0 aliphatic rings. The van der Waals surface area contributed by atoms with E-state index >= 15 is 0 Å². The molecule has 20 valence electrons. The fourth-order valence-corrected chi connectivity index (χ4v) is 0. The first-order valence-electron chi connectivity index (χ1n) is 1.84. The van der Waals surface area contributed by atoms with Gasteiger partial charge in [-0.05, 0) is 0 Å². The van der Waals surface area contributed by atoms with E-state index in [9.17, 15) is 0 Å². The second-order valence-corrected chi connectivity index (χ2v) is 0.256. The lowest BCUT2D eigenvalue weighted by Crippen LogP contribution is -1.23. The second kappa shape index (κ2) is 2.23. The third kappa shape index (κ3) is 1.23. The predicted molar refractivity (Wildman–Crippen MR) is 15.8 cm³/mol. The molecule has 0 spiro atoms. The standard InChI is InChI=1S/C3H3N/c1-2-3-4/h2H,1H2/i1D,2D. The molecule has 1 nitrogen and oxygen atoms in total. The summed E-state index contributed by atoms with van der Waals surface area (Å²) in [5.74, 6) is 0. The molecule has 0 aromatic heterocycles. The molecule has 0 bridgehead atoms. The SMILES string of the molecule is [2H]C=C([2H])C#N. The highest BCUT2D eigenvalue weighted by Crippen LogP contribution is 1.41. The molecule has 0 radical (unpaired) electrons. The topological polar surface area (TPSA) is 23.8 Å². The highest BCUT2D eigenvalue weighted by atomic mass is 14.2. The van der Waals surface area contributed by atoms with Crippen LogP contribution in [0, 0.1) is 11.3 Å². The maximum absolute atomic E-state index is 7.71. The van der Waals surface area contributed by atoms with Gasteiger partial charge in [0, 0.05) is 6.05 Å². The highest BCUT2D eigenvalue weighted by Gasteiger charge is 1.34. The summed E-state index contributed by atoms with van der Waals surface area (Å²) in [5, 5.41) is 7.71. The molecule has 0 aromatic carbocycles. The van der Waals surface area contributed by atoms with Gasteiger partial charge in [-0.15, -0.1) is 0 Å². The van der Waals surface area contributed by atoms with Crippen molar-refractivity contribution >= 4 is 0 Å². The van der Waals surface area contributed by atoms with Crippen molar-refractivity contribution in [3.63, 3.8) is 0 Å². The van der Waals surface area contributed by atoms with Crippen LogP contribution in [0.15, 0.2) is 12.6 Å². The number of allylic oxidation sites excluding steroid dienone is 1. The fraction of sp³-hybridized carbons (Fsp3) is 0. The van der Waals surface area contributed by atoms with Crippen molar-refractivity contribution in [3.05, 3.63) is 12.6 Å². The van der Waals surface area contributed by atoms with Gasteiger partial charge in [-0.3, -0.25) is 0 Å². The summed E-state index contributed by atoms with van der Waals surface area (Å²) in [7, 11) is 0. The van der Waals surface area contributed by atoms with E-state index in [-0.39, 0.29) is 6.05 Å². The van der Waals surface area contributed by atoms with Crippen LogP contribution in [0.2, 0.25) is 0 Å². The van der Waals surface area contributed by atoms with Gasteiger partial charge in [0.1, 0.15) is 0 Å². The average molecular weight is 55.1 g/mol. The van der Waals surface area contributed by atoms with Gasteiger partial charge in [-0.25, -0.2) is 0 Å². The molecule has 0 N–H and O–H groups in total. The van der Waals surface area contributed by atoms with Crippen molar-refractivity contribution in [2.24, 2.45) is 0 Å². The molecule has 0 saturated carbocycles. The number of nitriles is 1. The summed E-state index contributed by atoms with van der Waals surface area (Å²) in [6.45, 7) is 0.694.